The van der Waals surface area contributed by atoms with Crippen molar-refractivity contribution in [1.29, 1.82) is 0 Å². The fourth-order valence-corrected chi connectivity index (χ4v) is 1.23. The molecule has 1 rings (SSSR count). The van der Waals surface area contributed by atoms with Crippen LogP contribution < -0.4 is 5.32 Å². The van der Waals surface area contributed by atoms with Crippen LogP contribution in [0.25, 0.3) is 0 Å². The molecular weight excluding hydrogens is 236 g/mol. The Morgan fingerprint density at radius 2 is 1.83 bits per heavy atom. The van der Waals surface area contributed by atoms with Gasteiger partial charge in [0.15, 0.2) is 0 Å². The van der Waals surface area contributed by atoms with E-state index >= 15 is 0 Å². The van der Waals surface area contributed by atoms with Crippen molar-refractivity contribution in [2.75, 3.05) is 6.54 Å². The zero-order valence-electron chi connectivity index (χ0n) is 12.0. The summed E-state index contributed by atoms with van der Waals surface area (Å²) >= 11 is 0. The van der Waals surface area contributed by atoms with E-state index in [1.165, 1.54) is 19.8 Å². The normalized spacial score (nSPS) is 17.1. The third-order valence-corrected chi connectivity index (χ3v) is 2.19. The van der Waals surface area contributed by atoms with Crippen molar-refractivity contribution < 1.29 is 13.5 Å². The Kier molecular flexibility index (Phi) is 7.83. The highest BCUT2D eigenvalue weighted by Crippen LogP contribution is 2.19. The average Bonchev–Trinajstić information content (AvgIpc) is 3.08. The smallest absolute Gasteiger partial charge is 0.394 e. The largest absolute Gasteiger partial charge is 0.438 e. The van der Waals surface area contributed by atoms with Gasteiger partial charge in [-0.05, 0) is 32.8 Å². The molecule has 0 atom stereocenters. The van der Waals surface area contributed by atoms with E-state index < -0.39 is 6.11 Å². The third-order valence-electron chi connectivity index (χ3n) is 2.19. The van der Waals surface area contributed by atoms with Crippen molar-refractivity contribution in [2.45, 2.75) is 59.6 Å². The second-order valence-electron chi connectivity index (χ2n) is 4.36. The van der Waals surface area contributed by atoms with Crippen LogP contribution in [0.5, 0.6) is 0 Å². The van der Waals surface area contributed by atoms with Crippen LogP contribution in [-0.2, 0) is 4.74 Å². The summed E-state index contributed by atoms with van der Waals surface area (Å²) in [7, 11) is 0. The van der Waals surface area contributed by atoms with Gasteiger partial charge in [-0.25, -0.2) is 0 Å². The van der Waals surface area contributed by atoms with Crippen molar-refractivity contribution in [3.8, 4) is 0 Å². The molecule has 4 heteroatoms. The average molecular weight is 261 g/mol. The molecule has 0 amide bonds. The van der Waals surface area contributed by atoms with Gasteiger partial charge < -0.3 is 10.1 Å². The number of halogens is 2. The van der Waals surface area contributed by atoms with Gasteiger partial charge in [0.1, 0.15) is 0 Å². The van der Waals surface area contributed by atoms with Crippen molar-refractivity contribution in [3.05, 3.63) is 23.5 Å². The first kappa shape index (κ1) is 17.1. The lowest BCUT2D eigenvalue weighted by molar-refractivity contribution is -0.197. The van der Waals surface area contributed by atoms with Gasteiger partial charge in [-0.3, -0.25) is 0 Å². The molecular formula is C14H25F2NO. The maximum absolute atomic E-state index is 12.5. The maximum atomic E-state index is 12.5. The Labute approximate surface area is 109 Å². The van der Waals surface area contributed by atoms with Crippen LogP contribution in [0, 0.1) is 0 Å². The number of ether oxygens (including phenoxy) is 1. The van der Waals surface area contributed by atoms with Crippen LogP contribution in [0.1, 0.15) is 47.5 Å². The summed E-state index contributed by atoms with van der Waals surface area (Å²) in [6.45, 7) is 9.02. The minimum atomic E-state index is -3.10. The van der Waals surface area contributed by atoms with Gasteiger partial charge in [0.25, 0.3) is 0 Å². The number of hydrogen-bond donors (Lipinski definition) is 1. The SMILES string of the molecule is C/C(=C\C=C(/C)OC(C)(F)F)CNC1CC1.CC. The molecule has 0 saturated heterocycles. The topological polar surface area (TPSA) is 21.3 Å². The minimum absolute atomic E-state index is 0.221. The molecule has 18 heavy (non-hydrogen) atoms. The number of hydrogen-bond acceptors (Lipinski definition) is 2. The summed E-state index contributed by atoms with van der Waals surface area (Å²) in [5.41, 5.74) is 1.11. The summed E-state index contributed by atoms with van der Waals surface area (Å²) in [4.78, 5) is 0. The number of rotatable bonds is 6. The standard InChI is InChI=1S/C12H19F2NO.C2H6/c1-9(8-15-11-6-7-11)4-5-10(2)16-12(3,13)14;1-2/h4-5,11,15H,6-8H2,1-3H3;1-2H3/b9-4+,10-5+;. The van der Waals surface area contributed by atoms with Crippen LogP contribution in [0.3, 0.4) is 0 Å². The molecule has 0 heterocycles. The molecule has 2 nitrogen and oxygen atoms in total. The lowest BCUT2D eigenvalue weighted by atomic mass is 10.2. The van der Waals surface area contributed by atoms with Gasteiger partial charge in [-0.1, -0.05) is 25.5 Å². The van der Waals surface area contributed by atoms with Gasteiger partial charge in [0.2, 0.25) is 0 Å². The third kappa shape index (κ3) is 10.3. The number of allylic oxidation sites excluding steroid dienone is 3. The van der Waals surface area contributed by atoms with Gasteiger partial charge in [-0.2, -0.15) is 8.78 Å². The van der Waals surface area contributed by atoms with E-state index in [1.54, 1.807) is 12.2 Å². The Balaban J connectivity index is 0.00000137. The molecule has 0 aromatic heterocycles. The lowest BCUT2D eigenvalue weighted by Crippen LogP contribution is -2.18. The van der Waals surface area contributed by atoms with Crippen LogP contribution in [0.15, 0.2) is 23.5 Å². The highest BCUT2D eigenvalue weighted by atomic mass is 19.3. The lowest BCUT2D eigenvalue weighted by Gasteiger charge is -2.12. The molecule has 0 aromatic rings. The predicted molar refractivity (Wildman–Crippen MR) is 71.6 cm³/mol. The molecule has 1 fully saturated rings. The fourth-order valence-electron chi connectivity index (χ4n) is 1.23. The van der Waals surface area contributed by atoms with Crippen LogP contribution in [-0.4, -0.2) is 18.7 Å². The van der Waals surface area contributed by atoms with E-state index in [-0.39, 0.29) is 5.76 Å². The first-order valence-corrected chi connectivity index (χ1v) is 6.51. The monoisotopic (exact) mass is 261 g/mol. The molecule has 1 N–H and O–H groups in total. The van der Waals surface area contributed by atoms with E-state index in [0.717, 1.165) is 19.0 Å². The van der Waals surface area contributed by atoms with E-state index in [4.69, 9.17) is 0 Å². The summed E-state index contributed by atoms with van der Waals surface area (Å²) in [5.74, 6) is 0.221. The summed E-state index contributed by atoms with van der Waals surface area (Å²) in [6, 6.07) is 0.657. The van der Waals surface area contributed by atoms with Crippen LogP contribution in [0.2, 0.25) is 0 Å². The van der Waals surface area contributed by atoms with E-state index in [1.807, 2.05) is 20.8 Å². The number of alkyl halides is 2. The van der Waals surface area contributed by atoms with Gasteiger partial charge >= 0.3 is 6.11 Å². The van der Waals surface area contributed by atoms with Crippen molar-refractivity contribution in [2.24, 2.45) is 0 Å². The van der Waals surface area contributed by atoms with E-state index in [9.17, 15) is 8.78 Å². The molecule has 0 bridgehead atoms. The maximum Gasteiger partial charge on any atom is 0.394 e. The first-order chi connectivity index (χ1) is 8.37. The Morgan fingerprint density at radius 1 is 1.28 bits per heavy atom. The molecule has 1 saturated carbocycles. The molecule has 0 aliphatic heterocycles. The minimum Gasteiger partial charge on any atom is -0.438 e. The second kappa shape index (κ2) is 8.25. The quantitative estimate of drug-likeness (QED) is 0.570. The second-order valence-corrected chi connectivity index (χ2v) is 4.36. The van der Waals surface area contributed by atoms with Gasteiger partial charge in [-0.15, -0.1) is 0 Å². The Morgan fingerprint density at radius 3 is 2.28 bits per heavy atom. The van der Waals surface area contributed by atoms with Crippen molar-refractivity contribution in [3.63, 3.8) is 0 Å². The molecule has 1 aliphatic rings. The highest BCUT2D eigenvalue weighted by molar-refractivity contribution is 5.14. The zero-order chi connectivity index (χ0) is 14.2. The highest BCUT2D eigenvalue weighted by Gasteiger charge is 2.22. The van der Waals surface area contributed by atoms with Gasteiger partial charge in [0.05, 0.1) is 5.76 Å². The first-order valence-electron chi connectivity index (χ1n) is 6.51. The van der Waals surface area contributed by atoms with E-state index in [2.05, 4.69) is 10.1 Å². The number of nitrogens with one attached hydrogen (secondary N) is 1. The van der Waals surface area contributed by atoms with E-state index in [0.29, 0.717) is 6.04 Å². The molecule has 0 aromatic carbocycles. The molecule has 1 aliphatic carbocycles. The molecule has 0 radical (unpaired) electrons. The summed E-state index contributed by atoms with van der Waals surface area (Å²) in [6.07, 6.45) is 2.76. The van der Waals surface area contributed by atoms with Crippen LogP contribution in [0.4, 0.5) is 8.78 Å². The van der Waals surface area contributed by atoms with Crippen molar-refractivity contribution in [1.82, 2.24) is 5.32 Å². The Bertz CT molecular complexity index is 289. The van der Waals surface area contributed by atoms with Gasteiger partial charge in [0, 0.05) is 19.5 Å². The summed E-state index contributed by atoms with van der Waals surface area (Å²) < 4.78 is 29.3. The summed E-state index contributed by atoms with van der Waals surface area (Å²) in [5, 5.41) is 3.34. The fraction of sp³-hybridized carbons (Fsp3) is 0.714. The zero-order valence-corrected chi connectivity index (χ0v) is 12.0. The molecule has 0 spiro atoms. The molecule has 0 unspecified atom stereocenters. The van der Waals surface area contributed by atoms with Crippen molar-refractivity contribution >= 4 is 0 Å². The predicted octanol–water partition coefficient (Wildman–Crippen LogP) is 4.24. The Hall–Kier alpha value is -0.900. The van der Waals surface area contributed by atoms with Crippen LogP contribution >= 0.6 is 0 Å². The molecule has 106 valence electrons.